The SMILES string of the molecule is CCOc1ccc2c(c1)c(=O)c(C(=O)Nc1cc(C)ccc1OC)cn2C. The zero-order valence-electron chi connectivity index (χ0n) is 15.8. The third-order valence-electron chi connectivity index (χ3n) is 4.32. The smallest absolute Gasteiger partial charge is 0.261 e. The van der Waals surface area contributed by atoms with Crippen molar-refractivity contribution in [2.45, 2.75) is 13.8 Å². The van der Waals surface area contributed by atoms with Crippen molar-refractivity contribution in [2.24, 2.45) is 7.05 Å². The van der Waals surface area contributed by atoms with E-state index in [4.69, 9.17) is 9.47 Å². The molecule has 0 radical (unpaired) electrons. The Hall–Kier alpha value is -3.28. The highest BCUT2D eigenvalue weighted by molar-refractivity contribution is 6.06. The second-order valence-corrected chi connectivity index (χ2v) is 6.25. The first-order valence-electron chi connectivity index (χ1n) is 8.66. The molecule has 3 rings (SSSR count). The number of hydrogen-bond acceptors (Lipinski definition) is 4. The van der Waals surface area contributed by atoms with Gasteiger partial charge in [0.15, 0.2) is 0 Å². The third kappa shape index (κ3) is 3.65. The molecule has 0 spiro atoms. The van der Waals surface area contributed by atoms with Crippen molar-refractivity contribution in [3.8, 4) is 11.5 Å². The average Bonchev–Trinajstić information content (AvgIpc) is 2.65. The number of rotatable bonds is 5. The number of methoxy groups -OCH3 is 1. The maximum absolute atomic E-state index is 12.9. The highest BCUT2D eigenvalue weighted by atomic mass is 16.5. The molecule has 1 heterocycles. The van der Waals surface area contributed by atoms with Crippen molar-refractivity contribution < 1.29 is 14.3 Å². The van der Waals surface area contributed by atoms with Crippen LogP contribution >= 0.6 is 0 Å². The van der Waals surface area contributed by atoms with E-state index in [0.29, 0.717) is 29.2 Å². The lowest BCUT2D eigenvalue weighted by atomic mass is 10.1. The topological polar surface area (TPSA) is 69.6 Å². The second-order valence-electron chi connectivity index (χ2n) is 6.25. The minimum atomic E-state index is -0.483. The standard InChI is InChI=1S/C21H22N2O4/c1-5-27-14-7-8-18-15(11-14)20(24)16(12-23(18)3)21(25)22-17-10-13(2)6-9-19(17)26-4/h6-12H,5H2,1-4H3,(H,22,25). The first-order chi connectivity index (χ1) is 12.9. The molecule has 6 heteroatoms. The molecule has 27 heavy (non-hydrogen) atoms. The van der Waals surface area contributed by atoms with Gasteiger partial charge in [0.05, 0.1) is 30.3 Å². The lowest BCUT2D eigenvalue weighted by molar-refractivity contribution is 0.102. The fourth-order valence-corrected chi connectivity index (χ4v) is 3.00. The lowest BCUT2D eigenvalue weighted by Gasteiger charge is -2.13. The summed E-state index contributed by atoms with van der Waals surface area (Å²) in [5.41, 5.74) is 1.94. The average molecular weight is 366 g/mol. The van der Waals surface area contributed by atoms with Crippen LogP contribution in [0.4, 0.5) is 5.69 Å². The van der Waals surface area contributed by atoms with E-state index in [1.165, 1.54) is 7.11 Å². The molecule has 0 atom stereocenters. The van der Waals surface area contributed by atoms with Gasteiger partial charge in [-0.15, -0.1) is 0 Å². The van der Waals surface area contributed by atoms with Gasteiger partial charge in [0, 0.05) is 13.2 Å². The number of carbonyl (C=O) groups is 1. The van der Waals surface area contributed by atoms with Crippen LogP contribution in [0.5, 0.6) is 11.5 Å². The predicted octanol–water partition coefficient (Wildman–Crippen LogP) is 3.51. The van der Waals surface area contributed by atoms with E-state index < -0.39 is 5.91 Å². The fraction of sp³-hybridized carbons (Fsp3) is 0.238. The molecular formula is C21H22N2O4. The van der Waals surface area contributed by atoms with Crippen molar-refractivity contribution in [2.75, 3.05) is 19.0 Å². The van der Waals surface area contributed by atoms with Crippen molar-refractivity contribution in [1.29, 1.82) is 0 Å². The summed E-state index contributed by atoms with van der Waals surface area (Å²) in [5.74, 6) is 0.647. The number of nitrogens with zero attached hydrogens (tertiary/aromatic N) is 1. The number of aromatic nitrogens is 1. The summed E-state index contributed by atoms with van der Waals surface area (Å²) in [6.07, 6.45) is 1.54. The third-order valence-corrected chi connectivity index (χ3v) is 4.32. The summed E-state index contributed by atoms with van der Waals surface area (Å²) in [4.78, 5) is 25.7. The van der Waals surface area contributed by atoms with Crippen LogP contribution in [0.15, 0.2) is 47.4 Å². The van der Waals surface area contributed by atoms with Gasteiger partial charge in [-0.3, -0.25) is 9.59 Å². The van der Waals surface area contributed by atoms with E-state index in [0.717, 1.165) is 11.1 Å². The highest BCUT2D eigenvalue weighted by Gasteiger charge is 2.17. The predicted molar refractivity (Wildman–Crippen MR) is 106 cm³/mol. The molecule has 1 aromatic heterocycles. The molecule has 0 aliphatic rings. The van der Waals surface area contributed by atoms with Crippen LogP contribution in [0.3, 0.4) is 0 Å². The zero-order valence-corrected chi connectivity index (χ0v) is 15.8. The van der Waals surface area contributed by atoms with Crippen molar-refractivity contribution in [3.63, 3.8) is 0 Å². The van der Waals surface area contributed by atoms with E-state index >= 15 is 0 Å². The van der Waals surface area contributed by atoms with Gasteiger partial charge in [-0.2, -0.15) is 0 Å². The number of pyridine rings is 1. The molecule has 1 amide bonds. The van der Waals surface area contributed by atoms with Gasteiger partial charge >= 0.3 is 0 Å². The van der Waals surface area contributed by atoms with Gasteiger partial charge in [0.1, 0.15) is 17.1 Å². The Balaban J connectivity index is 2.06. The van der Waals surface area contributed by atoms with Crippen molar-refractivity contribution >= 4 is 22.5 Å². The number of amides is 1. The lowest BCUT2D eigenvalue weighted by Crippen LogP contribution is -2.23. The molecule has 0 aliphatic heterocycles. The molecule has 0 saturated heterocycles. The second kappa shape index (κ2) is 7.53. The monoisotopic (exact) mass is 366 g/mol. The van der Waals surface area contributed by atoms with Crippen LogP contribution in [-0.4, -0.2) is 24.2 Å². The van der Waals surface area contributed by atoms with E-state index in [9.17, 15) is 9.59 Å². The Kier molecular flexibility index (Phi) is 5.16. The molecular weight excluding hydrogens is 344 g/mol. The zero-order chi connectivity index (χ0) is 19.6. The van der Waals surface area contributed by atoms with Crippen molar-refractivity contribution in [1.82, 2.24) is 4.57 Å². The minimum Gasteiger partial charge on any atom is -0.495 e. The Labute approximate surface area is 157 Å². The Bertz CT molecular complexity index is 1070. The molecule has 1 N–H and O–H groups in total. The summed E-state index contributed by atoms with van der Waals surface area (Å²) in [7, 11) is 3.33. The molecule has 2 aromatic carbocycles. The summed E-state index contributed by atoms with van der Waals surface area (Å²) < 4.78 is 12.5. The summed E-state index contributed by atoms with van der Waals surface area (Å²) in [5, 5.41) is 3.22. The largest absolute Gasteiger partial charge is 0.495 e. The van der Waals surface area contributed by atoms with Gasteiger partial charge in [-0.25, -0.2) is 0 Å². The maximum atomic E-state index is 12.9. The molecule has 0 bridgehead atoms. The number of anilines is 1. The van der Waals surface area contributed by atoms with Crippen LogP contribution in [0.2, 0.25) is 0 Å². The molecule has 6 nitrogen and oxygen atoms in total. The number of carbonyl (C=O) groups excluding carboxylic acids is 1. The number of fused-ring (bicyclic) bond motifs is 1. The van der Waals surface area contributed by atoms with E-state index in [1.54, 1.807) is 36.0 Å². The Morgan fingerprint density at radius 1 is 1.19 bits per heavy atom. The van der Waals surface area contributed by atoms with Crippen LogP contribution in [-0.2, 0) is 7.05 Å². The van der Waals surface area contributed by atoms with Crippen molar-refractivity contribution in [3.05, 3.63) is 63.9 Å². The first-order valence-corrected chi connectivity index (χ1v) is 8.66. The molecule has 0 fully saturated rings. The first kappa shape index (κ1) is 18.5. The van der Waals surface area contributed by atoms with Gasteiger partial charge < -0.3 is 19.4 Å². The number of hydrogen-bond donors (Lipinski definition) is 1. The highest BCUT2D eigenvalue weighted by Crippen LogP contribution is 2.26. The fourth-order valence-electron chi connectivity index (χ4n) is 3.00. The molecule has 0 saturated carbocycles. The normalized spacial score (nSPS) is 10.7. The van der Waals surface area contributed by atoms with Crippen LogP contribution in [0.25, 0.3) is 10.9 Å². The van der Waals surface area contributed by atoms with Crippen LogP contribution in [0.1, 0.15) is 22.8 Å². The van der Waals surface area contributed by atoms with Gasteiger partial charge in [0.25, 0.3) is 5.91 Å². The molecule has 140 valence electrons. The van der Waals surface area contributed by atoms with Gasteiger partial charge in [0.2, 0.25) is 5.43 Å². The molecule has 3 aromatic rings. The Morgan fingerprint density at radius 2 is 1.96 bits per heavy atom. The van der Waals surface area contributed by atoms with Crippen LogP contribution in [0, 0.1) is 6.92 Å². The van der Waals surface area contributed by atoms with Gasteiger partial charge in [-0.1, -0.05) is 6.07 Å². The van der Waals surface area contributed by atoms with E-state index in [1.807, 2.05) is 32.0 Å². The van der Waals surface area contributed by atoms with Crippen LogP contribution < -0.4 is 20.2 Å². The van der Waals surface area contributed by atoms with E-state index in [-0.39, 0.29) is 11.0 Å². The number of nitrogens with one attached hydrogen (secondary N) is 1. The molecule has 0 unspecified atom stereocenters. The number of benzene rings is 2. The molecule has 0 aliphatic carbocycles. The van der Waals surface area contributed by atoms with Gasteiger partial charge in [-0.05, 0) is 49.7 Å². The summed E-state index contributed by atoms with van der Waals surface area (Å²) >= 11 is 0. The maximum Gasteiger partial charge on any atom is 0.261 e. The quantitative estimate of drug-likeness (QED) is 0.750. The summed E-state index contributed by atoms with van der Waals surface area (Å²) in [6, 6.07) is 10.8. The number of aryl methyl sites for hydroxylation is 2. The minimum absolute atomic E-state index is 0.0576. The Morgan fingerprint density at radius 3 is 2.67 bits per heavy atom. The number of ether oxygens (including phenoxy) is 2. The van der Waals surface area contributed by atoms with E-state index in [2.05, 4.69) is 5.32 Å². The summed E-state index contributed by atoms with van der Waals surface area (Å²) in [6.45, 7) is 4.29.